The molecule has 10 heteroatoms. The number of amides is 3. The molecule has 2 aromatic rings. The van der Waals surface area contributed by atoms with E-state index in [9.17, 15) is 14.4 Å². The summed E-state index contributed by atoms with van der Waals surface area (Å²) in [5.41, 5.74) is 1.42. The molecule has 1 N–H and O–H groups in total. The number of hydrogen-bond acceptors (Lipinski definition) is 6. The summed E-state index contributed by atoms with van der Waals surface area (Å²) >= 11 is 7.03. The number of nitrogens with one attached hydrogen (secondary N) is 1. The number of hydrogen-bond donors (Lipinski definition) is 1. The summed E-state index contributed by atoms with van der Waals surface area (Å²) in [6.07, 6.45) is -0.930. The third-order valence-electron chi connectivity index (χ3n) is 4.62. The number of cyclic esters (lactones) is 1. The molecule has 152 valence electrons. The van der Waals surface area contributed by atoms with Gasteiger partial charge in [-0.05, 0) is 36.4 Å². The van der Waals surface area contributed by atoms with Gasteiger partial charge in [-0.2, -0.15) is 0 Å². The first-order valence-electron chi connectivity index (χ1n) is 9.01. The predicted molar refractivity (Wildman–Crippen MR) is 109 cm³/mol. The number of ether oxygens (including phenoxy) is 2. The van der Waals surface area contributed by atoms with Gasteiger partial charge in [0.25, 0.3) is 11.8 Å². The lowest BCUT2D eigenvalue weighted by Gasteiger charge is -2.27. The molecule has 1 atom stereocenters. The molecule has 1 aromatic carbocycles. The molecule has 2 aliphatic rings. The van der Waals surface area contributed by atoms with E-state index in [0.29, 0.717) is 34.6 Å². The van der Waals surface area contributed by atoms with Crippen molar-refractivity contribution < 1.29 is 23.9 Å². The summed E-state index contributed by atoms with van der Waals surface area (Å²) in [6, 6.07) is 10.4. The Labute approximate surface area is 175 Å². The number of halogens is 1. The second kappa shape index (κ2) is 8.40. The highest BCUT2D eigenvalue weighted by molar-refractivity contribution is 7.18. The lowest BCUT2D eigenvalue weighted by Crippen LogP contribution is -2.41. The Balaban J connectivity index is 1.35. The highest BCUT2D eigenvalue weighted by Crippen LogP contribution is 2.26. The fourth-order valence-corrected chi connectivity index (χ4v) is 4.13. The molecule has 8 nitrogen and oxygen atoms in total. The number of carbonyl (C=O) groups is 3. The van der Waals surface area contributed by atoms with Crippen LogP contribution in [0.1, 0.15) is 9.67 Å². The standard InChI is InChI=1S/C19H18ClN3O5S/c20-16-6-5-15(29-16)18(25)21-9-14-10-23(19(26)28-14)13-3-1-12(2-4-13)22-7-8-27-11-17(22)24/h1-6,14H,7-11H2,(H,21,25)/t14-/m0/s1/i18+2. The minimum atomic E-state index is -0.474. The lowest BCUT2D eigenvalue weighted by molar-refractivity contribution is -0.125. The highest BCUT2D eigenvalue weighted by atomic mass is 35.5. The first-order valence-corrected chi connectivity index (χ1v) is 10.2. The van der Waals surface area contributed by atoms with Gasteiger partial charge in [0.15, 0.2) is 0 Å². The van der Waals surface area contributed by atoms with Gasteiger partial charge < -0.3 is 19.7 Å². The van der Waals surface area contributed by atoms with Gasteiger partial charge in [0, 0.05) is 17.9 Å². The average molecular weight is 438 g/mol. The minimum absolute atomic E-state index is 0.0747. The van der Waals surface area contributed by atoms with Crippen LogP contribution in [0.4, 0.5) is 16.2 Å². The van der Waals surface area contributed by atoms with Crippen LogP contribution in [0.25, 0.3) is 0 Å². The number of nitrogens with zero attached hydrogens (tertiary/aromatic N) is 2. The Morgan fingerprint density at radius 2 is 1.86 bits per heavy atom. The molecule has 0 radical (unpaired) electrons. The maximum Gasteiger partial charge on any atom is 0.414 e. The molecule has 0 saturated carbocycles. The highest BCUT2D eigenvalue weighted by Gasteiger charge is 2.33. The van der Waals surface area contributed by atoms with Crippen molar-refractivity contribution in [2.45, 2.75) is 6.10 Å². The van der Waals surface area contributed by atoms with Crippen LogP contribution in [0.15, 0.2) is 36.4 Å². The van der Waals surface area contributed by atoms with Crippen LogP contribution >= 0.6 is 22.9 Å². The van der Waals surface area contributed by atoms with E-state index in [2.05, 4.69) is 5.32 Å². The summed E-state index contributed by atoms with van der Waals surface area (Å²) in [5.74, 6) is -0.344. The average Bonchev–Trinajstić information content (AvgIpc) is 3.32. The van der Waals surface area contributed by atoms with Gasteiger partial charge in [0.2, 0.25) is 0 Å². The number of benzene rings is 1. The van der Waals surface area contributed by atoms with Crippen molar-refractivity contribution >= 4 is 52.2 Å². The molecule has 2 aliphatic heterocycles. The molecular weight excluding hydrogens is 420 g/mol. The molecule has 4 rings (SSSR count). The van der Waals surface area contributed by atoms with Gasteiger partial charge in [0.1, 0.15) is 12.7 Å². The van der Waals surface area contributed by atoms with E-state index >= 15 is 0 Å². The van der Waals surface area contributed by atoms with Crippen LogP contribution in [0.5, 0.6) is 0 Å². The van der Waals surface area contributed by atoms with Crippen LogP contribution < -0.4 is 15.1 Å². The predicted octanol–water partition coefficient (Wildman–Crippen LogP) is 2.52. The van der Waals surface area contributed by atoms with Gasteiger partial charge in [-0.1, -0.05) is 11.6 Å². The van der Waals surface area contributed by atoms with Gasteiger partial charge in [0.05, 0.1) is 28.9 Å². The fraction of sp³-hybridized carbons (Fsp3) is 0.316. The van der Waals surface area contributed by atoms with Gasteiger partial charge >= 0.3 is 6.09 Å². The summed E-state index contributed by atoms with van der Waals surface area (Å²) in [7, 11) is 0. The summed E-state index contributed by atoms with van der Waals surface area (Å²) in [5, 5.41) is 2.76. The van der Waals surface area contributed by atoms with Crippen molar-refractivity contribution in [3.63, 3.8) is 0 Å². The van der Waals surface area contributed by atoms with Crippen LogP contribution in [-0.4, -0.2) is 56.9 Å². The van der Waals surface area contributed by atoms with E-state index in [1.807, 2.05) is 0 Å². The third kappa shape index (κ3) is 4.36. The van der Waals surface area contributed by atoms with Gasteiger partial charge in [-0.15, -0.1) is 11.3 Å². The molecular formula is C19H18ClN3O5S. The largest absolute Gasteiger partial charge is 0.442 e. The van der Waals surface area contributed by atoms with E-state index < -0.39 is 12.2 Å². The summed E-state index contributed by atoms with van der Waals surface area (Å²) in [4.78, 5) is 39.9. The molecule has 1 aromatic heterocycles. The quantitative estimate of drug-likeness (QED) is 0.776. The zero-order valence-electron chi connectivity index (χ0n) is 15.3. The second-order valence-electron chi connectivity index (χ2n) is 6.54. The van der Waals surface area contributed by atoms with Crippen molar-refractivity contribution in [3.8, 4) is 0 Å². The summed E-state index contributed by atoms with van der Waals surface area (Å²) in [6.45, 7) is 1.60. The molecule has 0 unspecified atom stereocenters. The number of morpholine rings is 1. The summed E-state index contributed by atoms with van der Waals surface area (Å²) < 4.78 is 11.0. The topological polar surface area (TPSA) is 88.2 Å². The van der Waals surface area contributed by atoms with Crippen molar-refractivity contribution in [2.75, 3.05) is 42.6 Å². The number of rotatable bonds is 5. The molecule has 3 amide bonds. The van der Waals surface area contributed by atoms with Crippen LogP contribution in [-0.2, 0) is 14.3 Å². The monoisotopic (exact) mass is 437 g/mol. The van der Waals surface area contributed by atoms with Crippen molar-refractivity contribution in [3.05, 3.63) is 45.6 Å². The molecule has 29 heavy (non-hydrogen) atoms. The van der Waals surface area contributed by atoms with Crippen molar-refractivity contribution in [1.29, 1.82) is 0 Å². The smallest absolute Gasteiger partial charge is 0.414 e. The molecule has 2 fully saturated rings. The fourth-order valence-electron chi connectivity index (χ4n) is 3.17. The van der Waals surface area contributed by atoms with Crippen molar-refractivity contribution in [2.24, 2.45) is 0 Å². The molecule has 2 saturated heterocycles. The Morgan fingerprint density at radius 1 is 1.14 bits per heavy atom. The van der Waals surface area contributed by atoms with E-state index in [1.54, 1.807) is 41.3 Å². The Hall–Kier alpha value is -2.62. The first kappa shape index (κ1) is 19.7. The lowest BCUT2D eigenvalue weighted by atomic mass is 10.2. The van der Waals surface area contributed by atoms with Crippen LogP contribution in [0, 0.1) is 0 Å². The van der Waals surface area contributed by atoms with Crippen LogP contribution in [0.2, 0.25) is 4.34 Å². The van der Waals surface area contributed by atoms with Crippen molar-refractivity contribution in [1.82, 2.24) is 5.32 Å². The van der Waals surface area contributed by atoms with E-state index in [0.717, 1.165) is 5.69 Å². The Bertz CT molecular complexity index is 932. The number of thiophene rings is 1. The maximum atomic E-state index is 12.2. The zero-order valence-corrected chi connectivity index (χ0v) is 16.9. The maximum absolute atomic E-state index is 12.2. The first-order chi connectivity index (χ1) is 14.0. The third-order valence-corrected chi connectivity index (χ3v) is 5.85. The zero-order chi connectivity index (χ0) is 20.4. The Morgan fingerprint density at radius 3 is 2.52 bits per heavy atom. The van der Waals surface area contributed by atoms with E-state index in [-0.39, 0.29) is 25.0 Å². The molecule has 0 bridgehead atoms. The van der Waals surface area contributed by atoms with Gasteiger partial charge in [-0.3, -0.25) is 14.5 Å². The normalized spacial score (nSPS) is 19.4. The Kier molecular flexibility index (Phi) is 5.70. The van der Waals surface area contributed by atoms with E-state index in [4.69, 9.17) is 21.1 Å². The SMILES string of the molecule is O=C1COCCN1c1ccc(N2C[C@H](CN[14C](=O)c3ccc(Cl)s3)OC2=O)cc1. The number of anilines is 2. The van der Waals surface area contributed by atoms with Gasteiger partial charge in [-0.25, -0.2) is 4.79 Å². The molecule has 0 spiro atoms. The van der Waals surface area contributed by atoms with Crippen LogP contribution in [0.3, 0.4) is 0 Å². The molecule has 0 aliphatic carbocycles. The minimum Gasteiger partial charge on any atom is -0.442 e. The number of carbonyl (C=O) groups excluding carboxylic acids is 3. The molecule has 3 heterocycles. The van der Waals surface area contributed by atoms with E-state index in [1.165, 1.54) is 16.2 Å². The second-order valence-corrected chi connectivity index (χ2v) is 8.26.